The van der Waals surface area contributed by atoms with E-state index in [1.807, 2.05) is 12.3 Å². The minimum Gasteiger partial charge on any atom is -0.291 e. The van der Waals surface area contributed by atoms with Gasteiger partial charge in [0.2, 0.25) is 0 Å². The number of aromatic nitrogens is 3. The molecule has 3 aromatic heterocycles. The van der Waals surface area contributed by atoms with E-state index in [1.54, 1.807) is 11.3 Å². The molecule has 114 valence electrons. The van der Waals surface area contributed by atoms with Crippen molar-refractivity contribution in [3.05, 3.63) is 41.7 Å². The molecule has 22 heavy (non-hydrogen) atoms. The minimum atomic E-state index is 0.385. The average molecular weight is 312 g/mol. The standard InChI is InChI=1S/C17H20N4S/c1-12(2)20-10-4-7-14(20)17-19-13-6-3-9-18-16(13)21(17)15-8-5-11-22-15/h3,5-6,8-9,11-12,14H,4,7,10H2,1-2H3. The van der Waals surface area contributed by atoms with Crippen LogP contribution in [0.4, 0.5) is 0 Å². The highest BCUT2D eigenvalue weighted by Gasteiger charge is 2.32. The number of fused-ring (bicyclic) bond motifs is 1. The first kappa shape index (κ1) is 13.9. The second-order valence-electron chi connectivity index (χ2n) is 6.09. The molecule has 0 bridgehead atoms. The van der Waals surface area contributed by atoms with Crippen LogP contribution >= 0.6 is 11.3 Å². The van der Waals surface area contributed by atoms with Gasteiger partial charge in [0.15, 0.2) is 5.65 Å². The van der Waals surface area contributed by atoms with Crippen molar-refractivity contribution in [3.63, 3.8) is 0 Å². The summed E-state index contributed by atoms with van der Waals surface area (Å²) in [5.74, 6) is 1.14. The SMILES string of the molecule is CC(C)N1CCCC1c1nc2cccnc2n1-c1cccs1. The van der Waals surface area contributed by atoms with Gasteiger partial charge < -0.3 is 0 Å². The van der Waals surface area contributed by atoms with Crippen molar-refractivity contribution in [1.82, 2.24) is 19.4 Å². The quantitative estimate of drug-likeness (QED) is 0.732. The molecule has 4 rings (SSSR count). The normalized spacial score (nSPS) is 19.5. The molecule has 4 nitrogen and oxygen atoms in total. The number of hydrogen-bond acceptors (Lipinski definition) is 4. The fraction of sp³-hybridized carbons (Fsp3) is 0.412. The third-order valence-corrected chi connectivity index (χ3v) is 5.28. The van der Waals surface area contributed by atoms with Gasteiger partial charge in [0.1, 0.15) is 16.3 Å². The first-order valence-corrected chi connectivity index (χ1v) is 8.76. The summed E-state index contributed by atoms with van der Waals surface area (Å²) in [4.78, 5) is 12.1. The Morgan fingerprint density at radius 3 is 2.95 bits per heavy atom. The van der Waals surface area contributed by atoms with Crippen molar-refractivity contribution in [1.29, 1.82) is 0 Å². The molecule has 1 aliphatic heterocycles. The van der Waals surface area contributed by atoms with Crippen LogP contribution in [0.2, 0.25) is 0 Å². The monoisotopic (exact) mass is 312 g/mol. The molecular weight excluding hydrogens is 292 g/mol. The van der Waals surface area contributed by atoms with Crippen molar-refractivity contribution in [2.24, 2.45) is 0 Å². The topological polar surface area (TPSA) is 34.0 Å². The number of thiophene rings is 1. The summed E-state index contributed by atoms with van der Waals surface area (Å²) in [6, 6.07) is 9.19. The lowest BCUT2D eigenvalue weighted by Crippen LogP contribution is -2.31. The zero-order valence-corrected chi connectivity index (χ0v) is 13.8. The molecule has 0 aliphatic carbocycles. The van der Waals surface area contributed by atoms with Gasteiger partial charge in [-0.3, -0.25) is 9.47 Å². The van der Waals surface area contributed by atoms with Crippen LogP contribution < -0.4 is 0 Å². The molecule has 1 aliphatic rings. The number of pyridine rings is 1. The van der Waals surface area contributed by atoms with Crippen LogP contribution in [0.3, 0.4) is 0 Å². The molecule has 1 unspecified atom stereocenters. The summed E-state index contributed by atoms with van der Waals surface area (Å²) in [7, 11) is 0. The van der Waals surface area contributed by atoms with E-state index in [0.717, 1.165) is 23.5 Å². The van der Waals surface area contributed by atoms with E-state index in [0.29, 0.717) is 12.1 Å². The summed E-state index contributed by atoms with van der Waals surface area (Å²) < 4.78 is 2.26. The number of nitrogens with zero attached hydrogens (tertiary/aromatic N) is 4. The van der Waals surface area contributed by atoms with Gasteiger partial charge in [-0.05, 0) is 62.9 Å². The first-order valence-electron chi connectivity index (χ1n) is 7.88. The Morgan fingerprint density at radius 1 is 1.27 bits per heavy atom. The summed E-state index contributed by atoms with van der Waals surface area (Å²) >= 11 is 1.74. The van der Waals surface area contributed by atoms with Crippen molar-refractivity contribution >= 4 is 22.5 Å². The van der Waals surface area contributed by atoms with E-state index in [-0.39, 0.29) is 0 Å². The summed E-state index contributed by atoms with van der Waals surface area (Å²) in [5, 5.41) is 3.31. The fourth-order valence-corrected chi connectivity index (χ4v) is 4.19. The van der Waals surface area contributed by atoms with Crippen molar-refractivity contribution in [3.8, 4) is 5.00 Å². The molecule has 1 fully saturated rings. The Kier molecular flexibility index (Phi) is 3.47. The molecular formula is C17H20N4S. The maximum absolute atomic E-state index is 4.95. The minimum absolute atomic E-state index is 0.385. The van der Waals surface area contributed by atoms with Crippen LogP contribution in [0.25, 0.3) is 16.2 Å². The summed E-state index contributed by atoms with van der Waals surface area (Å²) in [6.07, 6.45) is 4.27. The predicted molar refractivity (Wildman–Crippen MR) is 90.6 cm³/mol. The largest absolute Gasteiger partial charge is 0.291 e. The number of hydrogen-bond donors (Lipinski definition) is 0. The third-order valence-electron chi connectivity index (χ3n) is 4.42. The zero-order chi connectivity index (χ0) is 15.1. The van der Waals surface area contributed by atoms with Crippen LogP contribution in [0, 0.1) is 0 Å². The van der Waals surface area contributed by atoms with Gasteiger partial charge in [-0.25, -0.2) is 9.97 Å². The highest BCUT2D eigenvalue weighted by molar-refractivity contribution is 7.12. The van der Waals surface area contributed by atoms with Crippen molar-refractivity contribution in [2.75, 3.05) is 6.54 Å². The van der Waals surface area contributed by atoms with E-state index in [2.05, 4.69) is 51.9 Å². The Bertz CT molecular complexity index is 775. The van der Waals surface area contributed by atoms with Gasteiger partial charge in [-0.2, -0.15) is 0 Å². The smallest absolute Gasteiger partial charge is 0.165 e. The molecule has 0 amide bonds. The predicted octanol–water partition coefficient (Wildman–Crippen LogP) is 4.03. The van der Waals surface area contributed by atoms with E-state index in [4.69, 9.17) is 4.98 Å². The second-order valence-corrected chi connectivity index (χ2v) is 7.02. The first-order chi connectivity index (χ1) is 10.8. The lowest BCUT2D eigenvalue weighted by molar-refractivity contribution is 0.198. The Labute approximate surface area is 134 Å². The second kappa shape index (κ2) is 5.48. The van der Waals surface area contributed by atoms with Crippen LogP contribution in [-0.2, 0) is 0 Å². The van der Waals surface area contributed by atoms with E-state index < -0.39 is 0 Å². The van der Waals surface area contributed by atoms with Crippen molar-refractivity contribution < 1.29 is 0 Å². The van der Waals surface area contributed by atoms with Gasteiger partial charge in [0.05, 0.1) is 6.04 Å². The molecule has 0 N–H and O–H groups in total. The summed E-state index contributed by atoms with van der Waals surface area (Å²) in [5.41, 5.74) is 1.96. The van der Waals surface area contributed by atoms with E-state index in [9.17, 15) is 0 Å². The van der Waals surface area contributed by atoms with Gasteiger partial charge in [-0.1, -0.05) is 0 Å². The number of rotatable bonds is 3. The Hall–Kier alpha value is -1.72. The molecule has 1 atom stereocenters. The molecule has 0 saturated carbocycles. The lowest BCUT2D eigenvalue weighted by Gasteiger charge is -2.28. The van der Waals surface area contributed by atoms with Crippen LogP contribution in [0.1, 0.15) is 38.6 Å². The fourth-order valence-electron chi connectivity index (χ4n) is 3.45. The Balaban J connectivity index is 1.92. The highest BCUT2D eigenvalue weighted by Crippen LogP contribution is 2.36. The van der Waals surface area contributed by atoms with Gasteiger partial charge in [0.25, 0.3) is 0 Å². The summed E-state index contributed by atoms with van der Waals surface area (Å²) in [6.45, 7) is 5.70. The Morgan fingerprint density at radius 2 is 2.18 bits per heavy atom. The molecule has 3 aromatic rings. The van der Waals surface area contributed by atoms with Crippen LogP contribution in [0.5, 0.6) is 0 Å². The zero-order valence-electron chi connectivity index (χ0n) is 12.9. The molecule has 4 heterocycles. The molecule has 1 saturated heterocycles. The third kappa shape index (κ3) is 2.16. The lowest BCUT2D eigenvalue weighted by atomic mass is 10.2. The van der Waals surface area contributed by atoms with Gasteiger partial charge >= 0.3 is 0 Å². The molecule has 0 spiro atoms. The van der Waals surface area contributed by atoms with E-state index in [1.165, 1.54) is 17.8 Å². The van der Waals surface area contributed by atoms with E-state index >= 15 is 0 Å². The molecule has 0 aromatic carbocycles. The number of imidazole rings is 1. The maximum Gasteiger partial charge on any atom is 0.165 e. The average Bonchev–Trinajstić information content (AvgIpc) is 3.24. The highest BCUT2D eigenvalue weighted by atomic mass is 32.1. The maximum atomic E-state index is 4.95. The molecule has 0 radical (unpaired) electrons. The van der Waals surface area contributed by atoms with Crippen molar-refractivity contribution in [2.45, 2.75) is 38.8 Å². The molecule has 5 heteroatoms. The number of likely N-dealkylation sites (tertiary alicyclic amines) is 1. The van der Waals surface area contributed by atoms with Crippen LogP contribution in [0.15, 0.2) is 35.8 Å². The van der Waals surface area contributed by atoms with Crippen LogP contribution in [-0.4, -0.2) is 32.0 Å². The van der Waals surface area contributed by atoms with Gasteiger partial charge in [0, 0.05) is 12.2 Å². The van der Waals surface area contributed by atoms with Gasteiger partial charge in [-0.15, -0.1) is 11.3 Å².